The largest absolute Gasteiger partial charge is 0.497 e. The van der Waals surface area contributed by atoms with Gasteiger partial charge in [-0.15, -0.1) is 0 Å². The van der Waals surface area contributed by atoms with E-state index in [1.807, 2.05) is 13.1 Å². The molecule has 0 unspecified atom stereocenters. The molecule has 0 spiro atoms. The van der Waals surface area contributed by atoms with E-state index < -0.39 is 0 Å². The first-order chi connectivity index (χ1) is 12.9. The highest BCUT2D eigenvalue weighted by Gasteiger charge is 2.16. The van der Waals surface area contributed by atoms with E-state index in [0.29, 0.717) is 22.9 Å². The molecular weight excluding hydrogens is 342 g/mol. The summed E-state index contributed by atoms with van der Waals surface area (Å²) in [5.41, 5.74) is 5.22. The fourth-order valence-electron chi connectivity index (χ4n) is 2.84. The predicted molar refractivity (Wildman–Crippen MR) is 106 cm³/mol. The number of carbonyl (C=O) groups excluding carboxylic acids is 1. The van der Waals surface area contributed by atoms with Gasteiger partial charge in [-0.25, -0.2) is 0 Å². The maximum atomic E-state index is 12.7. The van der Waals surface area contributed by atoms with E-state index in [1.54, 1.807) is 43.2 Å². The molecule has 0 aliphatic rings. The molecule has 6 heteroatoms. The van der Waals surface area contributed by atoms with Crippen molar-refractivity contribution in [3.63, 3.8) is 0 Å². The van der Waals surface area contributed by atoms with Crippen LogP contribution in [0.2, 0.25) is 0 Å². The van der Waals surface area contributed by atoms with Gasteiger partial charge in [-0.3, -0.25) is 9.48 Å². The number of nitrogens with zero attached hydrogens (tertiary/aromatic N) is 2. The molecule has 0 aliphatic carbocycles. The zero-order valence-electron chi connectivity index (χ0n) is 16.2. The van der Waals surface area contributed by atoms with Crippen LogP contribution in [-0.2, 0) is 7.05 Å². The lowest BCUT2D eigenvalue weighted by Gasteiger charge is -2.10. The van der Waals surface area contributed by atoms with Crippen molar-refractivity contribution < 1.29 is 14.3 Å². The Balaban J connectivity index is 1.87. The van der Waals surface area contributed by atoms with Gasteiger partial charge in [0.1, 0.15) is 11.5 Å². The molecule has 1 N–H and O–H groups in total. The van der Waals surface area contributed by atoms with Crippen LogP contribution in [0.15, 0.2) is 42.5 Å². The van der Waals surface area contributed by atoms with Gasteiger partial charge < -0.3 is 14.8 Å². The summed E-state index contributed by atoms with van der Waals surface area (Å²) in [7, 11) is 4.95. The van der Waals surface area contributed by atoms with Crippen molar-refractivity contribution in [2.24, 2.45) is 7.05 Å². The molecule has 1 amide bonds. The number of aromatic nitrogens is 2. The number of nitrogens with one attached hydrogen (secondary N) is 1. The molecule has 6 nitrogen and oxygen atoms in total. The Hall–Kier alpha value is -3.28. The van der Waals surface area contributed by atoms with E-state index in [9.17, 15) is 4.79 Å². The summed E-state index contributed by atoms with van der Waals surface area (Å²) < 4.78 is 12.2. The minimum atomic E-state index is -0.302. The summed E-state index contributed by atoms with van der Waals surface area (Å²) in [4.78, 5) is 12.7. The van der Waals surface area contributed by atoms with Gasteiger partial charge >= 0.3 is 0 Å². The average molecular weight is 365 g/mol. The fourth-order valence-corrected chi connectivity index (χ4v) is 2.84. The third-order valence-corrected chi connectivity index (χ3v) is 4.57. The summed E-state index contributed by atoms with van der Waals surface area (Å²) in [5, 5.41) is 7.21. The van der Waals surface area contributed by atoms with Crippen LogP contribution < -0.4 is 14.8 Å². The molecule has 0 bridgehead atoms. The van der Waals surface area contributed by atoms with E-state index in [2.05, 4.69) is 36.4 Å². The molecule has 1 aromatic heterocycles. The zero-order chi connectivity index (χ0) is 19.6. The molecule has 3 aromatic rings. The fraction of sp³-hybridized carbons (Fsp3) is 0.238. The van der Waals surface area contributed by atoms with Gasteiger partial charge in [-0.2, -0.15) is 5.10 Å². The topological polar surface area (TPSA) is 65.4 Å². The van der Waals surface area contributed by atoms with Crippen LogP contribution in [0.5, 0.6) is 11.5 Å². The number of ether oxygens (including phenoxy) is 2. The molecule has 3 rings (SSSR count). The summed E-state index contributed by atoms with van der Waals surface area (Å²) in [6.07, 6.45) is 0. The lowest BCUT2D eigenvalue weighted by atomic mass is 10.0. The van der Waals surface area contributed by atoms with Crippen LogP contribution in [-0.4, -0.2) is 29.9 Å². The van der Waals surface area contributed by atoms with Crippen LogP contribution in [0.25, 0.3) is 11.3 Å². The van der Waals surface area contributed by atoms with Crippen molar-refractivity contribution in [1.29, 1.82) is 0 Å². The van der Waals surface area contributed by atoms with E-state index in [4.69, 9.17) is 9.47 Å². The van der Waals surface area contributed by atoms with Crippen LogP contribution >= 0.6 is 0 Å². The summed E-state index contributed by atoms with van der Waals surface area (Å²) >= 11 is 0. The van der Waals surface area contributed by atoms with Gasteiger partial charge in [0.15, 0.2) is 5.69 Å². The standard InChI is InChI=1S/C21H23N3O3/c1-13-6-7-15(10-14(13)2)19-12-18(23-24(19)3)21(25)22-17-9-8-16(26-4)11-20(17)27-5/h6-12H,1-5H3,(H,22,25). The van der Waals surface area contributed by atoms with Crippen molar-refractivity contribution in [3.8, 4) is 22.8 Å². The first-order valence-electron chi connectivity index (χ1n) is 8.58. The first-order valence-corrected chi connectivity index (χ1v) is 8.58. The smallest absolute Gasteiger partial charge is 0.276 e. The number of hydrogen-bond acceptors (Lipinski definition) is 4. The molecule has 0 saturated carbocycles. The number of methoxy groups -OCH3 is 2. The Morgan fingerprint density at radius 2 is 1.78 bits per heavy atom. The second-order valence-electron chi connectivity index (χ2n) is 6.36. The Labute approximate surface area is 158 Å². The van der Waals surface area contributed by atoms with E-state index >= 15 is 0 Å². The molecular formula is C21H23N3O3. The predicted octanol–water partition coefficient (Wildman–Crippen LogP) is 3.97. The van der Waals surface area contributed by atoms with Gasteiger partial charge in [0.25, 0.3) is 5.91 Å². The van der Waals surface area contributed by atoms with Gasteiger partial charge in [0.2, 0.25) is 0 Å². The normalized spacial score (nSPS) is 10.6. The van der Waals surface area contributed by atoms with Crippen molar-refractivity contribution in [2.45, 2.75) is 13.8 Å². The maximum absolute atomic E-state index is 12.7. The molecule has 0 atom stereocenters. The second-order valence-corrected chi connectivity index (χ2v) is 6.36. The summed E-state index contributed by atoms with van der Waals surface area (Å²) in [6, 6.07) is 13.2. The Morgan fingerprint density at radius 3 is 2.44 bits per heavy atom. The highest BCUT2D eigenvalue weighted by Crippen LogP contribution is 2.30. The minimum absolute atomic E-state index is 0.302. The highest BCUT2D eigenvalue weighted by molar-refractivity contribution is 6.04. The van der Waals surface area contributed by atoms with Gasteiger partial charge in [0, 0.05) is 18.7 Å². The molecule has 2 aromatic carbocycles. The van der Waals surface area contributed by atoms with E-state index in [1.165, 1.54) is 11.1 Å². The SMILES string of the molecule is COc1ccc(NC(=O)c2cc(-c3ccc(C)c(C)c3)n(C)n2)c(OC)c1. The maximum Gasteiger partial charge on any atom is 0.276 e. The number of hydrogen-bond donors (Lipinski definition) is 1. The lowest BCUT2D eigenvalue weighted by molar-refractivity contribution is 0.102. The van der Waals surface area contributed by atoms with Crippen molar-refractivity contribution >= 4 is 11.6 Å². The minimum Gasteiger partial charge on any atom is -0.497 e. The van der Waals surface area contributed by atoms with Crippen molar-refractivity contribution in [3.05, 3.63) is 59.3 Å². The van der Waals surface area contributed by atoms with Gasteiger partial charge in [-0.05, 0) is 49.2 Å². The van der Waals surface area contributed by atoms with Crippen molar-refractivity contribution in [2.75, 3.05) is 19.5 Å². The highest BCUT2D eigenvalue weighted by atomic mass is 16.5. The molecule has 0 fully saturated rings. The third kappa shape index (κ3) is 3.79. The van der Waals surface area contributed by atoms with Crippen LogP contribution in [0.4, 0.5) is 5.69 Å². The van der Waals surface area contributed by atoms with E-state index in [-0.39, 0.29) is 5.91 Å². The average Bonchev–Trinajstić information content (AvgIpc) is 3.06. The lowest BCUT2D eigenvalue weighted by Crippen LogP contribution is -2.13. The van der Waals surface area contributed by atoms with Gasteiger partial charge in [0.05, 0.1) is 25.6 Å². The molecule has 0 saturated heterocycles. The number of carbonyl (C=O) groups is 1. The quantitative estimate of drug-likeness (QED) is 0.743. The zero-order valence-corrected chi connectivity index (χ0v) is 16.2. The van der Waals surface area contributed by atoms with Crippen LogP contribution in [0.1, 0.15) is 21.6 Å². The first kappa shape index (κ1) is 18.5. The summed E-state index contributed by atoms with van der Waals surface area (Å²) in [6.45, 7) is 4.14. The van der Waals surface area contributed by atoms with Crippen LogP contribution in [0.3, 0.4) is 0 Å². The second kappa shape index (κ2) is 7.53. The third-order valence-electron chi connectivity index (χ3n) is 4.57. The number of aryl methyl sites for hydroxylation is 3. The Bertz CT molecular complexity index is 992. The molecule has 0 radical (unpaired) electrons. The molecule has 0 aliphatic heterocycles. The number of anilines is 1. The number of benzene rings is 2. The van der Waals surface area contributed by atoms with Crippen molar-refractivity contribution in [1.82, 2.24) is 9.78 Å². The van der Waals surface area contributed by atoms with Crippen LogP contribution in [0, 0.1) is 13.8 Å². The number of rotatable bonds is 5. The molecule has 140 valence electrons. The van der Waals surface area contributed by atoms with Gasteiger partial charge in [-0.1, -0.05) is 12.1 Å². The number of amides is 1. The summed E-state index contributed by atoms with van der Waals surface area (Å²) in [5.74, 6) is 0.872. The Kier molecular flexibility index (Phi) is 5.16. The molecule has 27 heavy (non-hydrogen) atoms. The molecule has 1 heterocycles. The monoisotopic (exact) mass is 365 g/mol. The Morgan fingerprint density at radius 1 is 1.00 bits per heavy atom. The van der Waals surface area contributed by atoms with E-state index in [0.717, 1.165) is 11.3 Å².